The molecule has 0 bridgehead atoms. The van der Waals surface area contributed by atoms with Gasteiger partial charge in [-0.1, -0.05) is 11.3 Å². The van der Waals surface area contributed by atoms with Gasteiger partial charge in [0.2, 0.25) is 5.06 Å². The van der Waals surface area contributed by atoms with Crippen LogP contribution in [0, 0.1) is 11.3 Å². The van der Waals surface area contributed by atoms with Gasteiger partial charge in [0.15, 0.2) is 5.13 Å². The second-order valence-electron chi connectivity index (χ2n) is 5.04. The van der Waals surface area contributed by atoms with E-state index in [0.717, 1.165) is 0 Å². The fourth-order valence-corrected chi connectivity index (χ4v) is 2.60. The molecule has 126 valence electrons. The Morgan fingerprint density at radius 3 is 2.79 bits per heavy atom. The number of nitrogens with one attached hydrogen (secondary N) is 1. The number of ether oxygens (including phenoxy) is 1. The first-order chi connectivity index (χ1) is 11.5. The fraction of sp³-hybridized carbons (Fsp3) is 0.312. The second-order valence-corrected chi connectivity index (χ2v) is 6.03. The van der Waals surface area contributed by atoms with Crippen LogP contribution in [0.25, 0.3) is 0 Å². The highest BCUT2D eigenvalue weighted by molar-refractivity contribution is 7.17. The van der Waals surface area contributed by atoms with Crippen LogP contribution in [-0.4, -0.2) is 40.2 Å². The lowest BCUT2D eigenvalue weighted by molar-refractivity contribution is 0.141. The van der Waals surface area contributed by atoms with Gasteiger partial charge in [-0.05, 0) is 38.1 Å². The highest BCUT2D eigenvalue weighted by Crippen LogP contribution is 2.30. The van der Waals surface area contributed by atoms with Gasteiger partial charge in [0.05, 0.1) is 23.9 Å². The van der Waals surface area contributed by atoms with Gasteiger partial charge in [-0.15, -0.1) is 0 Å². The molecule has 0 spiro atoms. The van der Waals surface area contributed by atoms with Crippen LogP contribution in [-0.2, 0) is 0 Å². The van der Waals surface area contributed by atoms with Gasteiger partial charge in [-0.2, -0.15) is 5.26 Å². The highest BCUT2D eigenvalue weighted by Gasteiger charge is 2.15. The first-order valence-electron chi connectivity index (χ1n) is 7.39. The molecule has 0 radical (unpaired) electrons. The van der Waals surface area contributed by atoms with Gasteiger partial charge in [0, 0.05) is 13.1 Å². The molecule has 24 heavy (non-hydrogen) atoms. The number of benzene rings is 1. The van der Waals surface area contributed by atoms with E-state index in [1.807, 2.05) is 13.0 Å². The van der Waals surface area contributed by atoms with Crippen molar-refractivity contribution in [2.24, 2.45) is 0 Å². The van der Waals surface area contributed by atoms with E-state index in [1.165, 1.54) is 22.4 Å². The molecule has 0 unspecified atom stereocenters. The van der Waals surface area contributed by atoms with E-state index >= 15 is 0 Å². The number of hydrogen-bond acceptors (Lipinski definition) is 6. The zero-order valence-corrected chi connectivity index (χ0v) is 14.2. The lowest BCUT2D eigenvalue weighted by atomic mass is 10.2. The number of aliphatic hydroxyl groups is 1. The van der Waals surface area contributed by atoms with Gasteiger partial charge in [-0.3, -0.25) is 5.32 Å². The molecule has 0 aliphatic carbocycles. The molecule has 0 aliphatic rings. The minimum atomic E-state index is -0.595. The van der Waals surface area contributed by atoms with Crippen LogP contribution in [0.1, 0.15) is 19.4 Å². The first-order valence-corrected chi connectivity index (χ1v) is 8.21. The van der Waals surface area contributed by atoms with E-state index in [2.05, 4.69) is 10.3 Å². The number of nitrogens with zero attached hydrogens (tertiary/aromatic N) is 3. The standard InChI is InChI=1S/C16H18N4O3S/c1-3-20(10-11(2)21)16(22)19-15-18-9-14(24-15)23-13-6-4-12(8-17)5-7-13/h4-7,9,11,21H,3,10H2,1-2H3,(H,18,19,22)/t11-/m0/s1. The summed E-state index contributed by atoms with van der Waals surface area (Å²) >= 11 is 1.19. The summed E-state index contributed by atoms with van der Waals surface area (Å²) in [6, 6.07) is 8.42. The summed E-state index contributed by atoms with van der Waals surface area (Å²) in [6.45, 7) is 4.20. The van der Waals surface area contributed by atoms with Crippen molar-refractivity contribution in [3.8, 4) is 16.9 Å². The van der Waals surface area contributed by atoms with Crippen LogP contribution in [0.15, 0.2) is 30.5 Å². The Balaban J connectivity index is 1.97. The number of nitriles is 1. The Labute approximate surface area is 144 Å². The summed E-state index contributed by atoms with van der Waals surface area (Å²) in [7, 11) is 0. The zero-order chi connectivity index (χ0) is 17.5. The molecule has 2 rings (SSSR count). The number of urea groups is 1. The second kappa shape index (κ2) is 8.29. The molecule has 0 aliphatic heterocycles. The minimum absolute atomic E-state index is 0.252. The van der Waals surface area contributed by atoms with E-state index in [4.69, 9.17) is 10.00 Å². The van der Waals surface area contributed by atoms with Crippen molar-refractivity contribution >= 4 is 22.5 Å². The van der Waals surface area contributed by atoms with Crippen LogP contribution in [0.3, 0.4) is 0 Å². The summed E-state index contributed by atoms with van der Waals surface area (Å²) in [5.74, 6) is 0.583. The Morgan fingerprint density at radius 2 is 2.21 bits per heavy atom. The van der Waals surface area contributed by atoms with E-state index in [-0.39, 0.29) is 12.6 Å². The number of carbonyl (C=O) groups excluding carboxylic acids is 1. The van der Waals surface area contributed by atoms with Crippen molar-refractivity contribution in [2.75, 3.05) is 18.4 Å². The summed E-state index contributed by atoms with van der Waals surface area (Å²) < 4.78 is 5.63. The number of aromatic nitrogens is 1. The summed E-state index contributed by atoms with van der Waals surface area (Å²) in [5, 5.41) is 21.8. The molecule has 2 aromatic rings. The molecule has 2 amide bonds. The molecular formula is C16H18N4O3S. The smallest absolute Gasteiger partial charge is 0.323 e. The van der Waals surface area contributed by atoms with Gasteiger partial charge < -0.3 is 14.7 Å². The fourth-order valence-electron chi connectivity index (χ4n) is 1.92. The van der Waals surface area contributed by atoms with E-state index in [9.17, 15) is 9.90 Å². The predicted molar refractivity (Wildman–Crippen MR) is 91.3 cm³/mol. The minimum Gasteiger partial charge on any atom is -0.445 e. The first kappa shape index (κ1) is 17.7. The molecule has 1 aromatic heterocycles. The van der Waals surface area contributed by atoms with E-state index < -0.39 is 6.10 Å². The van der Waals surface area contributed by atoms with E-state index in [1.54, 1.807) is 31.2 Å². The SMILES string of the molecule is CCN(C[C@H](C)O)C(=O)Nc1ncc(Oc2ccc(C#N)cc2)s1. The Bertz CT molecular complexity index is 722. The van der Waals surface area contributed by atoms with Crippen molar-refractivity contribution in [3.63, 3.8) is 0 Å². The topological polar surface area (TPSA) is 98.5 Å². The average molecular weight is 346 g/mol. The normalized spacial score (nSPS) is 11.4. The van der Waals surface area contributed by atoms with Gasteiger partial charge in [0.25, 0.3) is 0 Å². The Kier molecular flexibility index (Phi) is 6.12. The number of rotatable bonds is 6. The lowest BCUT2D eigenvalue weighted by Gasteiger charge is -2.21. The number of likely N-dealkylation sites (N-methyl/N-ethyl adjacent to an activating group) is 1. The number of carbonyl (C=O) groups is 1. The van der Waals surface area contributed by atoms with Crippen molar-refractivity contribution < 1.29 is 14.6 Å². The number of aliphatic hydroxyl groups excluding tert-OH is 1. The van der Waals surface area contributed by atoms with Crippen LogP contribution in [0.5, 0.6) is 10.8 Å². The van der Waals surface area contributed by atoms with Crippen molar-refractivity contribution in [1.29, 1.82) is 5.26 Å². The van der Waals surface area contributed by atoms with Gasteiger partial charge in [-0.25, -0.2) is 9.78 Å². The third-order valence-electron chi connectivity index (χ3n) is 3.05. The van der Waals surface area contributed by atoms with Crippen LogP contribution >= 0.6 is 11.3 Å². The quantitative estimate of drug-likeness (QED) is 0.837. The van der Waals surface area contributed by atoms with Crippen molar-refractivity contribution in [1.82, 2.24) is 9.88 Å². The summed E-state index contributed by atoms with van der Waals surface area (Å²) in [5.41, 5.74) is 0.553. The summed E-state index contributed by atoms with van der Waals surface area (Å²) in [4.78, 5) is 17.7. The molecular weight excluding hydrogens is 328 g/mol. The molecule has 0 saturated heterocycles. The molecule has 1 heterocycles. The average Bonchev–Trinajstić information content (AvgIpc) is 3.00. The third kappa shape index (κ3) is 4.94. The maximum Gasteiger partial charge on any atom is 0.323 e. The van der Waals surface area contributed by atoms with Crippen LogP contribution < -0.4 is 10.1 Å². The monoisotopic (exact) mass is 346 g/mol. The van der Waals surface area contributed by atoms with Crippen LogP contribution in [0.4, 0.5) is 9.93 Å². The zero-order valence-electron chi connectivity index (χ0n) is 13.4. The van der Waals surface area contributed by atoms with E-state index in [0.29, 0.717) is 28.1 Å². The number of amides is 2. The van der Waals surface area contributed by atoms with Crippen LogP contribution in [0.2, 0.25) is 0 Å². The van der Waals surface area contributed by atoms with Gasteiger partial charge >= 0.3 is 6.03 Å². The predicted octanol–water partition coefficient (Wildman–Crippen LogP) is 3.04. The molecule has 7 nitrogen and oxygen atoms in total. The number of hydrogen-bond donors (Lipinski definition) is 2. The molecule has 1 aromatic carbocycles. The molecule has 2 N–H and O–H groups in total. The molecule has 0 fully saturated rings. The third-order valence-corrected chi connectivity index (χ3v) is 3.84. The number of anilines is 1. The largest absolute Gasteiger partial charge is 0.445 e. The molecule has 1 atom stereocenters. The maximum atomic E-state index is 12.1. The number of thiazole rings is 1. The highest BCUT2D eigenvalue weighted by atomic mass is 32.1. The van der Waals surface area contributed by atoms with Crippen molar-refractivity contribution in [2.45, 2.75) is 20.0 Å². The maximum absolute atomic E-state index is 12.1. The molecule has 8 heteroatoms. The Hall–Kier alpha value is -2.63. The van der Waals surface area contributed by atoms with Crippen molar-refractivity contribution in [3.05, 3.63) is 36.0 Å². The Morgan fingerprint density at radius 1 is 1.50 bits per heavy atom. The molecule has 0 saturated carbocycles. The summed E-state index contributed by atoms with van der Waals surface area (Å²) in [6.07, 6.45) is 0.922. The lowest BCUT2D eigenvalue weighted by Crippen LogP contribution is -2.39. The van der Waals surface area contributed by atoms with Gasteiger partial charge in [0.1, 0.15) is 5.75 Å².